The molecule has 0 spiro atoms. The molecular formula is C27H23F2N3O3. The summed E-state index contributed by atoms with van der Waals surface area (Å²) in [6.45, 7) is 1.47. The molecule has 1 N–H and O–H groups in total. The van der Waals surface area contributed by atoms with Crippen LogP contribution in [-0.4, -0.2) is 32.3 Å². The number of ether oxygens (including phenoxy) is 1. The Morgan fingerprint density at radius 1 is 1.09 bits per heavy atom. The van der Waals surface area contributed by atoms with Crippen LogP contribution in [0.5, 0.6) is 5.75 Å². The summed E-state index contributed by atoms with van der Waals surface area (Å²) >= 11 is 0. The Hall–Kier alpha value is -4.17. The molecule has 3 aromatic carbocycles. The predicted octanol–water partition coefficient (Wildman–Crippen LogP) is 4.73. The van der Waals surface area contributed by atoms with E-state index in [0.29, 0.717) is 17.4 Å². The van der Waals surface area contributed by atoms with Gasteiger partial charge in [-0.1, -0.05) is 42.0 Å². The molecule has 0 bridgehead atoms. The fourth-order valence-electron chi connectivity index (χ4n) is 3.52. The number of allylic oxidation sites excluding steroid dienone is 1. The predicted molar refractivity (Wildman–Crippen MR) is 127 cm³/mol. The Morgan fingerprint density at radius 3 is 2.49 bits per heavy atom. The van der Waals surface area contributed by atoms with Gasteiger partial charge in [0.25, 0.3) is 0 Å². The van der Waals surface area contributed by atoms with Crippen molar-refractivity contribution < 1.29 is 23.4 Å². The normalized spacial score (nSPS) is 13.0. The van der Waals surface area contributed by atoms with Gasteiger partial charge in [0, 0.05) is 17.2 Å². The highest BCUT2D eigenvalue weighted by molar-refractivity contribution is 6.06. The second-order valence-electron chi connectivity index (χ2n) is 8.17. The van der Waals surface area contributed by atoms with Crippen LogP contribution in [0.2, 0.25) is 0 Å². The lowest BCUT2D eigenvalue weighted by Gasteiger charge is -2.29. The number of aromatic nitrogens is 3. The summed E-state index contributed by atoms with van der Waals surface area (Å²) < 4.78 is 35.0. The first-order chi connectivity index (χ1) is 16.8. The van der Waals surface area contributed by atoms with E-state index in [0.717, 1.165) is 17.2 Å². The molecule has 0 radical (unpaired) electrons. The van der Waals surface area contributed by atoms with Crippen molar-refractivity contribution in [2.24, 2.45) is 0 Å². The van der Waals surface area contributed by atoms with Crippen LogP contribution in [0.1, 0.15) is 27.0 Å². The van der Waals surface area contributed by atoms with Gasteiger partial charge >= 0.3 is 0 Å². The van der Waals surface area contributed by atoms with E-state index in [1.165, 1.54) is 29.5 Å². The van der Waals surface area contributed by atoms with Crippen LogP contribution in [0.3, 0.4) is 0 Å². The maximum atomic E-state index is 14.5. The number of benzene rings is 3. The third-order valence-corrected chi connectivity index (χ3v) is 5.44. The molecule has 0 aliphatic carbocycles. The third-order valence-electron chi connectivity index (χ3n) is 5.44. The molecule has 0 saturated heterocycles. The highest BCUT2D eigenvalue weighted by Crippen LogP contribution is 2.28. The van der Waals surface area contributed by atoms with Crippen molar-refractivity contribution in [2.75, 3.05) is 6.61 Å². The van der Waals surface area contributed by atoms with E-state index < -0.39 is 17.2 Å². The lowest BCUT2D eigenvalue weighted by atomic mass is 9.94. The summed E-state index contributed by atoms with van der Waals surface area (Å²) in [4.78, 5) is 16.3. The minimum atomic E-state index is -1.86. The van der Waals surface area contributed by atoms with E-state index in [9.17, 15) is 18.7 Å². The molecule has 178 valence electrons. The molecule has 0 aliphatic rings. The minimum absolute atomic E-state index is 0.137. The van der Waals surface area contributed by atoms with Crippen LogP contribution in [0, 0.1) is 18.6 Å². The fraction of sp³-hybridized carbons (Fsp3) is 0.148. The number of hydrogen-bond donors (Lipinski definition) is 1. The summed E-state index contributed by atoms with van der Waals surface area (Å²) in [5.74, 6) is -1.47. The number of nitrogens with zero attached hydrogens (tertiary/aromatic N) is 3. The zero-order chi connectivity index (χ0) is 24.8. The van der Waals surface area contributed by atoms with Gasteiger partial charge < -0.3 is 9.84 Å². The van der Waals surface area contributed by atoms with Gasteiger partial charge in [0.2, 0.25) is 0 Å². The van der Waals surface area contributed by atoms with Crippen LogP contribution >= 0.6 is 0 Å². The number of hydrogen-bond acceptors (Lipinski definition) is 5. The number of aryl methyl sites for hydroxylation is 1. The van der Waals surface area contributed by atoms with Gasteiger partial charge in [-0.3, -0.25) is 4.79 Å². The Bertz CT molecular complexity index is 1320. The van der Waals surface area contributed by atoms with E-state index in [1.807, 2.05) is 31.2 Å². The largest absolute Gasteiger partial charge is 0.490 e. The monoisotopic (exact) mass is 475 g/mol. The zero-order valence-electron chi connectivity index (χ0n) is 18.9. The maximum absolute atomic E-state index is 14.5. The number of ketones is 1. The van der Waals surface area contributed by atoms with Gasteiger partial charge in [-0.2, -0.15) is 5.10 Å². The van der Waals surface area contributed by atoms with Crippen molar-refractivity contribution in [3.8, 4) is 5.75 Å². The van der Waals surface area contributed by atoms with Crippen LogP contribution < -0.4 is 4.74 Å². The number of halogens is 2. The van der Waals surface area contributed by atoms with Crippen molar-refractivity contribution in [3.63, 3.8) is 0 Å². The lowest BCUT2D eigenvalue weighted by Crippen LogP contribution is -2.39. The van der Waals surface area contributed by atoms with E-state index in [4.69, 9.17) is 4.74 Å². The SMILES string of the molecule is Cc1ccc(C=CC(=O)c2ccc(OCC(O)(Cn3cncn3)c3ccc(F)cc3F)cc2)cc1. The Kier molecular flexibility index (Phi) is 7.12. The van der Waals surface area contributed by atoms with Crippen molar-refractivity contribution in [2.45, 2.75) is 19.1 Å². The average Bonchev–Trinajstić information content (AvgIpc) is 3.35. The smallest absolute Gasteiger partial charge is 0.185 e. The molecule has 1 aromatic heterocycles. The number of rotatable bonds is 9. The Labute approximate surface area is 201 Å². The summed E-state index contributed by atoms with van der Waals surface area (Å²) in [5, 5.41) is 15.2. The molecule has 4 aromatic rings. The topological polar surface area (TPSA) is 77.2 Å². The molecule has 6 nitrogen and oxygen atoms in total. The van der Waals surface area contributed by atoms with Gasteiger partial charge in [0.05, 0.1) is 6.54 Å². The van der Waals surface area contributed by atoms with E-state index >= 15 is 0 Å². The Morgan fingerprint density at radius 2 is 1.83 bits per heavy atom. The van der Waals surface area contributed by atoms with Crippen molar-refractivity contribution in [3.05, 3.63) is 119 Å². The fourth-order valence-corrected chi connectivity index (χ4v) is 3.52. The van der Waals surface area contributed by atoms with Gasteiger partial charge in [0.15, 0.2) is 5.78 Å². The van der Waals surface area contributed by atoms with Gasteiger partial charge in [-0.15, -0.1) is 0 Å². The van der Waals surface area contributed by atoms with Crippen molar-refractivity contribution in [1.29, 1.82) is 0 Å². The minimum Gasteiger partial charge on any atom is -0.490 e. The van der Waals surface area contributed by atoms with Crippen LogP contribution in [0.4, 0.5) is 8.78 Å². The lowest BCUT2D eigenvalue weighted by molar-refractivity contribution is -0.0297. The number of aliphatic hydroxyl groups is 1. The molecule has 1 unspecified atom stereocenters. The van der Waals surface area contributed by atoms with E-state index in [-0.39, 0.29) is 24.5 Å². The Balaban J connectivity index is 1.47. The summed E-state index contributed by atoms with van der Waals surface area (Å²) in [5.41, 5.74) is 0.519. The molecule has 1 atom stereocenters. The summed E-state index contributed by atoms with van der Waals surface area (Å²) in [6, 6.07) is 17.1. The van der Waals surface area contributed by atoms with Crippen molar-refractivity contribution in [1.82, 2.24) is 14.8 Å². The second kappa shape index (κ2) is 10.4. The first-order valence-electron chi connectivity index (χ1n) is 10.8. The van der Waals surface area contributed by atoms with E-state index in [2.05, 4.69) is 10.1 Å². The molecule has 0 fully saturated rings. The molecule has 0 amide bonds. The first-order valence-corrected chi connectivity index (χ1v) is 10.8. The molecule has 8 heteroatoms. The zero-order valence-corrected chi connectivity index (χ0v) is 18.9. The third kappa shape index (κ3) is 6.04. The molecule has 35 heavy (non-hydrogen) atoms. The highest BCUT2D eigenvalue weighted by atomic mass is 19.1. The van der Waals surface area contributed by atoms with Crippen LogP contribution in [-0.2, 0) is 12.1 Å². The molecule has 4 rings (SSSR count). The van der Waals surface area contributed by atoms with Crippen LogP contribution in [0.25, 0.3) is 6.08 Å². The standard InChI is InChI=1S/C27H23F2N3O3/c1-19-2-4-20(5-3-19)6-13-26(33)21-7-10-23(11-8-21)35-16-27(34,15-32-18-30-17-31-32)24-12-9-22(28)14-25(24)29/h2-14,17-18,34H,15-16H2,1H3. The maximum Gasteiger partial charge on any atom is 0.185 e. The van der Waals surface area contributed by atoms with Crippen LogP contribution in [0.15, 0.2) is 85.5 Å². The number of carbonyl (C=O) groups is 1. The molecular weight excluding hydrogens is 452 g/mol. The molecule has 0 saturated carbocycles. The quantitative estimate of drug-likeness (QED) is 0.280. The highest BCUT2D eigenvalue weighted by Gasteiger charge is 2.34. The summed E-state index contributed by atoms with van der Waals surface area (Å²) in [6.07, 6.45) is 5.89. The van der Waals surface area contributed by atoms with E-state index in [1.54, 1.807) is 30.3 Å². The number of carbonyl (C=O) groups excluding carboxylic acids is 1. The first kappa shape index (κ1) is 24.0. The summed E-state index contributed by atoms with van der Waals surface area (Å²) in [7, 11) is 0. The second-order valence-corrected chi connectivity index (χ2v) is 8.17. The van der Waals surface area contributed by atoms with Gasteiger partial charge in [-0.25, -0.2) is 18.4 Å². The van der Waals surface area contributed by atoms with Gasteiger partial charge in [0.1, 0.15) is 42.2 Å². The van der Waals surface area contributed by atoms with Crippen molar-refractivity contribution >= 4 is 11.9 Å². The molecule has 1 heterocycles. The average molecular weight is 475 g/mol. The molecule has 0 aliphatic heterocycles. The van der Waals surface area contributed by atoms with Gasteiger partial charge in [-0.05, 0) is 48.9 Å².